The van der Waals surface area contributed by atoms with E-state index >= 15 is 0 Å². The quantitative estimate of drug-likeness (QED) is 0.270. The minimum atomic E-state index is -1.29. The minimum absolute atomic E-state index is 0. The summed E-state index contributed by atoms with van der Waals surface area (Å²) in [6, 6.07) is 7.05. The van der Waals surface area contributed by atoms with Gasteiger partial charge in [-0.25, -0.2) is 9.59 Å². The van der Waals surface area contributed by atoms with Crippen LogP contribution in [-0.2, 0) is 18.3 Å². The Balaban J connectivity index is 0. The van der Waals surface area contributed by atoms with Crippen LogP contribution in [0.2, 0.25) is 5.52 Å². The van der Waals surface area contributed by atoms with Crippen LogP contribution in [0, 0.1) is 0 Å². The normalized spacial score (nSPS) is 8.60. The first kappa shape index (κ1) is 24.7. The van der Waals surface area contributed by atoms with Gasteiger partial charge in [-0.15, -0.1) is 0 Å². The zero-order valence-electron chi connectivity index (χ0n) is 13.0. The number of aromatic hydroxyl groups is 4. The van der Waals surface area contributed by atoms with Crippen LogP contribution in [0.25, 0.3) is 0 Å². The van der Waals surface area contributed by atoms with Crippen molar-refractivity contribution < 1.29 is 70.9 Å². The molecule has 0 saturated heterocycles. The molecule has 0 fully saturated rings. The maximum Gasteiger partial charge on any atom is -1.00 e. The Hall–Kier alpha value is -2.51. The van der Waals surface area contributed by atoms with Crippen molar-refractivity contribution in [3.63, 3.8) is 0 Å². The molecular weight excluding hydrogens is 409 g/mol. The maximum atomic E-state index is 10.3. The Labute approximate surface area is 159 Å². The van der Waals surface area contributed by atoms with E-state index in [0.717, 1.165) is 12.1 Å². The number of carboxylic acids is 2. The van der Waals surface area contributed by atoms with E-state index in [0.29, 0.717) is 0 Å². The topological polar surface area (TPSA) is 156 Å². The Morgan fingerprint density at radius 3 is 1.44 bits per heavy atom. The van der Waals surface area contributed by atoms with E-state index in [-0.39, 0.29) is 29.3 Å². The number of rotatable bonds is 2. The van der Waals surface area contributed by atoms with Gasteiger partial charge in [-0.1, -0.05) is 0 Å². The third kappa shape index (κ3) is 8.23. The number of carboxylic acid groups (broad SMARTS) is 2. The standard InChI is InChI=1S/C7H6O5.C7H6O3.CH3.ClH.Zn/c8-4-1-3(7(11)12)2-5(9)6(4)10;8-6-3-1-5(2-4-6)7(9)10;;;/h1-2,8-10H,(H,11,12);1-4,8H,(H,9,10);1H3;1H;/q;;;;+1/p-1. The van der Waals surface area contributed by atoms with Gasteiger partial charge in [-0.2, -0.15) is 0 Å². The van der Waals surface area contributed by atoms with Crippen LogP contribution in [0.3, 0.4) is 0 Å². The fourth-order valence-electron chi connectivity index (χ4n) is 1.33. The molecule has 2 rings (SSSR count). The second-order valence-electron chi connectivity index (χ2n) is 4.02. The SMILES string of the molecule is O=C(O)c1cc(O)c(O)c(O)c1.O=C(O)c1ccc(O)cc1.[CH3][Zn+].[Cl-]. The Kier molecular flexibility index (Phi) is 11.8. The summed E-state index contributed by atoms with van der Waals surface area (Å²) < 4.78 is 0. The van der Waals surface area contributed by atoms with E-state index < -0.39 is 29.2 Å². The van der Waals surface area contributed by atoms with Gasteiger partial charge >= 0.3 is 35.8 Å². The Bertz CT molecular complexity index is 680. The molecule has 8 nitrogen and oxygen atoms in total. The van der Waals surface area contributed by atoms with Crippen LogP contribution in [0.1, 0.15) is 20.7 Å². The van der Waals surface area contributed by atoms with Gasteiger partial charge in [0.25, 0.3) is 0 Å². The molecule has 10 heteroatoms. The summed E-state index contributed by atoms with van der Waals surface area (Å²) in [6.07, 6.45) is 0. The summed E-state index contributed by atoms with van der Waals surface area (Å²) in [4.78, 5) is 20.5. The van der Waals surface area contributed by atoms with Crippen molar-refractivity contribution in [1.82, 2.24) is 0 Å². The molecular formula is C15H15ClO8Zn. The molecule has 0 aromatic heterocycles. The summed E-state index contributed by atoms with van der Waals surface area (Å²) in [6.45, 7) is 0. The number of phenols is 4. The van der Waals surface area contributed by atoms with Gasteiger partial charge in [0.2, 0.25) is 0 Å². The molecule has 6 N–H and O–H groups in total. The first-order chi connectivity index (χ1) is 11.2. The largest absolute Gasteiger partial charge is 1.00 e. The van der Waals surface area contributed by atoms with Crippen LogP contribution in [0.4, 0.5) is 0 Å². The third-order valence-corrected chi connectivity index (χ3v) is 2.43. The predicted molar refractivity (Wildman–Crippen MR) is 79.3 cm³/mol. The molecule has 0 heterocycles. The van der Waals surface area contributed by atoms with Crippen LogP contribution in [0.15, 0.2) is 36.4 Å². The summed E-state index contributed by atoms with van der Waals surface area (Å²) >= 11 is 1.38. The molecule has 0 bridgehead atoms. The van der Waals surface area contributed by atoms with Gasteiger partial charge in [0.15, 0.2) is 17.2 Å². The molecule has 0 saturated carbocycles. The van der Waals surface area contributed by atoms with Gasteiger partial charge in [0.1, 0.15) is 5.75 Å². The van der Waals surface area contributed by atoms with Gasteiger partial charge in [0.05, 0.1) is 11.1 Å². The zero-order valence-corrected chi connectivity index (χ0v) is 16.8. The van der Waals surface area contributed by atoms with Crippen LogP contribution >= 0.6 is 0 Å². The molecule has 0 aliphatic heterocycles. The average molecular weight is 424 g/mol. The number of halogens is 1. The number of hydrogen-bond donors (Lipinski definition) is 6. The second-order valence-corrected chi connectivity index (χ2v) is 4.02. The van der Waals surface area contributed by atoms with Crippen molar-refractivity contribution in [3.05, 3.63) is 47.5 Å². The number of aromatic carboxylic acids is 2. The van der Waals surface area contributed by atoms with E-state index in [2.05, 4.69) is 5.52 Å². The van der Waals surface area contributed by atoms with Crippen molar-refractivity contribution in [2.24, 2.45) is 0 Å². The van der Waals surface area contributed by atoms with Gasteiger partial charge in [-0.05, 0) is 36.4 Å². The van der Waals surface area contributed by atoms with E-state index in [1.54, 1.807) is 0 Å². The fraction of sp³-hybridized carbons (Fsp3) is 0.0667. The molecule has 0 aliphatic carbocycles. The van der Waals surface area contributed by atoms with Crippen molar-refractivity contribution >= 4 is 11.9 Å². The third-order valence-electron chi connectivity index (χ3n) is 2.43. The number of hydrogen-bond acceptors (Lipinski definition) is 6. The van der Waals surface area contributed by atoms with E-state index in [1.807, 2.05) is 0 Å². The first-order valence-corrected chi connectivity index (χ1v) is 9.40. The molecule has 0 aliphatic rings. The smallest absolute Gasteiger partial charge is 1.00 e. The maximum absolute atomic E-state index is 10.3. The molecule has 2 aromatic carbocycles. The van der Waals surface area contributed by atoms with Crippen LogP contribution in [0.5, 0.6) is 23.0 Å². The molecule has 0 spiro atoms. The average Bonchev–Trinajstić information content (AvgIpc) is 2.55. The van der Waals surface area contributed by atoms with Crippen LogP contribution in [-0.4, -0.2) is 42.6 Å². The first-order valence-electron chi connectivity index (χ1n) is 6.43. The summed E-state index contributed by atoms with van der Waals surface area (Å²) in [5.41, 5.74) is 2.01. The van der Waals surface area contributed by atoms with Crippen molar-refractivity contribution in [2.75, 3.05) is 0 Å². The molecule has 2 aromatic rings. The molecule has 132 valence electrons. The van der Waals surface area contributed by atoms with Crippen molar-refractivity contribution in [1.29, 1.82) is 0 Å². The zero-order chi connectivity index (χ0) is 18.9. The van der Waals surface area contributed by atoms with E-state index in [4.69, 9.17) is 30.6 Å². The summed E-state index contributed by atoms with van der Waals surface area (Å²) in [5, 5.41) is 52.1. The fourth-order valence-corrected chi connectivity index (χ4v) is 1.33. The molecule has 25 heavy (non-hydrogen) atoms. The monoisotopic (exact) mass is 422 g/mol. The predicted octanol–water partition coefficient (Wildman–Crippen LogP) is -0.823. The number of carbonyl (C=O) groups is 2. The number of benzene rings is 2. The van der Waals surface area contributed by atoms with E-state index in [9.17, 15) is 9.59 Å². The Morgan fingerprint density at radius 1 is 0.760 bits per heavy atom. The van der Waals surface area contributed by atoms with Crippen LogP contribution < -0.4 is 12.4 Å². The molecule has 0 atom stereocenters. The van der Waals surface area contributed by atoms with Gasteiger partial charge < -0.3 is 43.0 Å². The van der Waals surface area contributed by atoms with Gasteiger partial charge in [-0.3, -0.25) is 0 Å². The number of phenolic OH excluding ortho intramolecular Hbond substituents is 4. The second kappa shape index (κ2) is 11.9. The van der Waals surface area contributed by atoms with Crippen molar-refractivity contribution in [3.8, 4) is 23.0 Å². The molecule has 0 radical (unpaired) electrons. The molecule has 0 amide bonds. The summed E-state index contributed by atoms with van der Waals surface area (Å²) in [5.74, 6) is -4.24. The Morgan fingerprint density at radius 2 is 1.12 bits per heavy atom. The minimum Gasteiger partial charge on any atom is -1.00 e. The van der Waals surface area contributed by atoms with E-state index in [1.165, 1.54) is 42.6 Å². The van der Waals surface area contributed by atoms with Crippen molar-refractivity contribution in [2.45, 2.75) is 5.52 Å². The molecule has 0 unspecified atom stereocenters. The summed E-state index contributed by atoms with van der Waals surface area (Å²) in [7, 11) is 0. The van der Waals surface area contributed by atoms with Gasteiger partial charge in [0, 0.05) is 0 Å².